The van der Waals surface area contributed by atoms with E-state index in [9.17, 15) is 13.2 Å². The summed E-state index contributed by atoms with van der Waals surface area (Å²) in [6.07, 6.45) is 2.58. The minimum atomic E-state index is -3.74. The number of carbonyl (C=O) groups excluding carboxylic acids is 1. The molecule has 1 saturated heterocycles. The van der Waals surface area contributed by atoms with Crippen LogP contribution in [0, 0.1) is 11.8 Å². The van der Waals surface area contributed by atoms with Crippen LogP contribution in [-0.4, -0.2) is 34.1 Å². The minimum absolute atomic E-state index is 0.123. The lowest BCUT2D eigenvalue weighted by atomic mass is 9.97. The molecule has 7 heteroatoms. The van der Waals surface area contributed by atoms with E-state index in [-0.39, 0.29) is 17.8 Å². The Morgan fingerprint density at radius 1 is 1.35 bits per heavy atom. The average Bonchev–Trinajstić information content (AvgIpc) is 3.23. The second kappa shape index (κ2) is 6.49. The van der Waals surface area contributed by atoms with E-state index in [0.717, 1.165) is 12.8 Å². The second-order valence-corrected chi connectivity index (χ2v) is 7.87. The van der Waals surface area contributed by atoms with Gasteiger partial charge in [0.2, 0.25) is 15.9 Å². The molecule has 1 aliphatic carbocycles. The van der Waals surface area contributed by atoms with Crippen LogP contribution in [0.1, 0.15) is 24.8 Å². The molecule has 0 spiro atoms. The SMILES string of the molecule is COc1cccc(CS(=O)(=O)NC(=O)[C@@H]2CCO[C@H]2C2CC2)c1. The fraction of sp³-hybridized carbons (Fsp3) is 0.562. The molecule has 3 rings (SSSR count). The lowest BCUT2D eigenvalue weighted by Crippen LogP contribution is -2.40. The van der Waals surface area contributed by atoms with Gasteiger partial charge in [-0.1, -0.05) is 12.1 Å². The lowest BCUT2D eigenvalue weighted by Gasteiger charge is -2.17. The Kier molecular flexibility index (Phi) is 4.59. The number of carbonyl (C=O) groups is 1. The smallest absolute Gasteiger partial charge is 0.239 e. The molecule has 1 amide bonds. The van der Waals surface area contributed by atoms with Gasteiger partial charge in [-0.25, -0.2) is 8.42 Å². The monoisotopic (exact) mass is 339 g/mol. The Morgan fingerprint density at radius 2 is 2.13 bits per heavy atom. The molecule has 2 fully saturated rings. The van der Waals surface area contributed by atoms with Crippen molar-refractivity contribution in [2.45, 2.75) is 31.1 Å². The molecule has 1 N–H and O–H groups in total. The molecule has 2 aliphatic rings. The van der Waals surface area contributed by atoms with Crippen molar-refractivity contribution in [1.82, 2.24) is 4.72 Å². The quantitative estimate of drug-likeness (QED) is 0.848. The van der Waals surface area contributed by atoms with E-state index >= 15 is 0 Å². The molecule has 1 aliphatic heterocycles. The van der Waals surface area contributed by atoms with Crippen LogP contribution in [0.25, 0.3) is 0 Å². The molecule has 126 valence electrons. The highest BCUT2D eigenvalue weighted by molar-refractivity contribution is 7.89. The molecule has 0 radical (unpaired) electrons. The number of sulfonamides is 1. The molecule has 0 bridgehead atoms. The van der Waals surface area contributed by atoms with Crippen molar-refractivity contribution < 1.29 is 22.7 Å². The van der Waals surface area contributed by atoms with Crippen molar-refractivity contribution >= 4 is 15.9 Å². The Bertz CT molecular complexity index is 683. The van der Waals surface area contributed by atoms with Gasteiger partial charge < -0.3 is 9.47 Å². The highest BCUT2D eigenvalue weighted by atomic mass is 32.2. The molecule has 1 saturated carbocycles. The Labute approximate surface area is 136 Å². The molecular formula is C16H21NO5S. The zero-order valence-electron chi connectivity index (χ0n) is 13.0. The molecule has 2 atom stereocenters. The molecule has 23 heavy (non-hydrogen) atoms. The number of amides is 1. The zero-order valence-corrected chi connectivity index (χ0v) is 13.8. The summed E-state index contributed by atoms with van der Waals surface area (Å²) in [5, 5.41) is 0. The Balaban J connectivity index is 1.64. The lowest BCUT2D eigenvalue weighted by molar-refractivity contribution is -0.125. The van der Waals surface area contributed by atoms with Gasteiger partial charge in [-0.3, -0.25) is 9.52 Å². The van der Waals surface area contributed by atoms with Crippen molar-refractivity contribution in [3.8, 4) is 5.75 Å². The van der Waals surface area contributed by atoms with Crippen molar-refractivity contribution in [2.24, 2.45) is 11.8 Å². The van der Waals surface area contributed by atoms with E-state index in [2.05, 4.69) is 4.72 Å². The standard InChI is InChI=1S/C16H21NO5S/c1-21-13-4-2-3-11(9-13)10-23(19,20)17-16(18)14-7-8-22-15(14)12-5-6-12/h2-4,9,12,14-15H,5-8,10H2,1H3,(H,17,18)/t14-,15+/m1/s1. The summed E-state index contributed by atoms with van der Waals surface area (Å²) in [7, 11) is -2.21. The minimum Gasteiger partial charge on any atom is -0.497 e. The van der Waals surface area contributed by atoms with Gasteiger partial charge in [-0.05, 0) is 42.9 Å². The van der Waals surface area contributed by atoms with Crippen LogP contribution in [0.2, 0.25) is 0 Å². The summed E-state index contributed by atoms with van der Waals surface area (Å²) in [5.41, 5.74) is 0.575. The van der Waals surface area contributed by atoms with Crippen LogP contribution in [-0.2, 0) is 25.3 Å². The first-order valence-electron chi connectivity index (χ1n) is 7.77. The van der Waals surface area contributed by atoms with Gasteiger partial charge in [0, 0.05) is 6.61 Å². The van der Waals surface area contributed by atoms with Gasteiger partial charge in [0.25, 0.3) is 0 Å². The van der Waals surface area contributed by atoms with Gasteiger partial charge in [0.05, 0.1) is 24.9 Å². The fourth-order valence-corrected chi connectivity index (χ4v) is 4.18. The summed E-state index contributed by atoms with van der Waals surface area (Å²) in [4.78, 5) is 12.3. The predicted octanol–water partition coefficient (Wildman–Crippen LogP) is 1.46. The van der Waals surface area contributed by atoms with Gasteiger partial charge in [-0.2, -0.15) is 0 Å². The Morgan fingerprint density at radius 3 is 2.83 bits per heavy atom. The number of nitrogens with one attached hydrogen (secondary N) is 1. The first kappa shape index (κ1) is 16.3. The number of ether oxygens (including phenoxy) is 2. The third-order valence-corrected chi connectivity index (χ3v) is 5.53. The predicted molar refractivity (Wildman–Crippen MR) is 84.3 cm³/mol. The highest BCUT2D eigenvalue weighted by Gasteiger charge is 2.44. The summed E-state index contributed by atoms with van der Waals surface area (Å²) >= 11 is 0. The van der Waals surface area contributed by atoms with Gasteiger partial charge >= 0.3 is 0 Å². The van der Waals surface area contributed by atoms with E-state index in [1.165, 1.54) is 7.11 Å². The van der Waals surface area contributed by atoms with E-state index in [1.54, 1.807) is 24.3 Å². The first-order chi connectivity index (χ1) is 11.0. The number of methoxy groups -OCH3 is 1. The van der Waals surface area contributed by atoms with Crippen LogP contribution in [0.4, 0.5) is 0 Å². The van der Waals surface area contributed by atoms with Crippen molar-refractivity contribution in [1.29, 1.82) is 0 Å². The molecule has 0 aromatic heterocycles. The van der Waals surface area contributed by atoms with Crippen LogP contribution >= 0.6 is 0 Å². The van der Waals surface area contributed by atoms with Gasteiger partial charge in [0.15, 0.2) is 0 Å². The zero-order chi connectivity index (χ0) is 16.4. The maximum absolute atomic E-state index is 12.3. The van der Waals surface area contributed by atoms with Crippen LogP contribution in [0.15, 0.2) is 24.3 Å². The topological polar surface area (TPSA) is 81.7 Å². The van der Waals surface area contributed by atoms with Gasteiger partial charge in [0.1, 0.15) is 5.75 Å². The third-order valence-electron chi connectivity index (χ3n) is 4.31. The molecule has 1 aromatic rings. The molecular weight excluding hydrogens is 318 g/mol. The van der Waals surface area contributed by atoms with Crippen LogP contribution in [0.3, 0.4) is 0 Å². The number of hydrogen-bond donors (Lipinski definition) is 1. The van der Waals surface area contributed by atoms with E-state index in [1.807, 2.05) is 0 Å². The van der Waals surface area contributed by atoms with Gasteiger partial charge in [-0.15, -0.1) is 0 Å². The molecule has 1 aromatic carbocycles. The third kappa shape index (κ3) is 4.03. The van der Waals surface area contributed by atoms with E-state index in [0.29, 0.717) is 30.3 Å². The summed E-state index contributed by atoms with van der Waals surface area (Å²) in [6.45, 7) is 0.523. The first-order valence-corrected chi connectivity index (χ1v) is 9.42. The normalized spacial score (nSPS) is 24.4. The summed E-state index contributed by atoms with van der Waals surface area (Å²) in [6, 6.07) is 6.80. The second-order valence-electron chi connectivity index (χ2n) is 6.14. The largest absolute Gasteiger partial charge is 0.497 e. The highest BCUT2D eigenvalue weighted by Crippen LogP contribution is 2.41. The average molecular weight is 339 g/mol. The maximum atomic E-state index is 12.3. The molecule has 0 unspecified atom stereocenters. The Hall–Kier alpha value is -1.60. The van der Waals surface area contributed by atoms with E-state index < -0.39 is 15.9 Å². The fourth-order valence-electron chi connectivity index (χ4n) is 3.03. The van der Waals surface area contributed by atoms with Crippen LogP contribution in [0.5, 0.6) is 5.75 Å². The summed E-state index contributed by atoms with van der Waals surface area (Å²) in [5.74, 6) is -0.0568. The van der Waals surface area contributed by atoms with Crippen molar-refractivity contribution in [2.75, 3.05) is 13.7 Å². The van der Waals surface area contributed by atoms with Crippen molar-refractivity contribution in [3.05, 3.63) is 29.8 Å². The van der Waals surface area contributed by atoms with Crippen LogP contribution < -0.4 is 9.46 Å². The maximum Gasteiger partial charge on any atom is 0.239 e. The molecule has 6 nitrogen and oxygen atoms in total. The number of rotatable bonds is 6. The molecule has 1 heterocycles. The van der Waals surface area contributed by atoms with E-state index in [4.69, 9.17) is 9.47 Å². The number of hydrogen-bond acceptors (Lipinski definition) is 5. The summed E-state index contributed by atoms with van der Waals surface area (Å²) < 4.78 is 37.4. The van der Waals surface area contributed by atoms with Crippen molar-refractivity contribution in [3.63, 3.8) is 0 Å². The number of benzene rings is 1.